The second-order valence-electron chi connectivity index (χ2n) is 4.95. The molecule has 1 amide bonds. The summed E-state index contributed by atoms with van der Waals surface area (Å²) < 4.78 is 18.9. The first-order valence-electron chi connectivity index (χ1n) is 6.51. The van der Waals surface area contributed by atoms with Crippen molar-refractivity contribution in [1.82, 2.24) is 5.32 Å². The molecule has 104 valence electrons. The number of amides is 1. The molecule has 1 aromatic rings. The van der Waals surface area contributed by atoms with E-state index in [1.54, 1.807) is 0 Å². The fourth-order valence-electron chi connectivity index (χ4n) is 2.33. The number of halogens is 1. The largest absolute Gasteiger partial charge is 0.399 e. The van der Waals surface area contributed by atoms with E-state index in [1.165, 1.54) is 12.1 Å². The molecule has 4 nitrogen and oxygen atoms in total. The van der Waals surface area contributed by atoms with Gasteiger partial charge in [0.1, 0.15) is 5.82 Å². The lowest BCUT2D eigenvalue weighted by Gasteiger charge is -2.28. The summed E-state index contributed by atoms with van der Waals surface area (Å²) >= 11 is 0. The minimum Gasteiger partial charge on any atom is -0.399 e. The molecular weight excluding hydrogens is 247 g/mol. The molecule has 1 heterocycles. The maximum absolute atomic E-state index is 13.6. The maximum atomic E-state index is 13.6. The smallest absolute Gasteiger partial charge is 0.254 e. The average molecular weight is 266 g/mol. The standard InChI is InChI=1S/C14H19FN2O2/c1-9(10-4-6-19-7-5-10)17-14(18)12-3-2-11(16)8-13(12)15/h2-3,8-10H,4-7,16H2,1H3,(H,17,18). The predicted molar refractivity (Wildman–Crippen MR) is 71.3 cm³/mol. The van der Waals surface area contributed by atoms with Crippen LogP contribution in [0.1, 0.15) is 30.1 Å². The van der Waals surface area contributed by atoms with Crippen LogP contribution in [0.15, 0.2) is 18.2 Å². The van der Waals surface area contributed by atoms with Gasteiger partial charge in [-0.05, 0) is 43.9 Å². The number of nitrogen functional groups attached to an aromatic ring is 1. The van der Waals surface area contributed by atoms with Crippen molar-refractivity contribution in [3.63, 3.8) is 0 Å². The molecule has 0 bridgehead atoms. The second kappa shape index (κ2) is 6.02. The first-order valence-corrected chi connectivity index (χ1v) is 6.51. The first kappa shape index (κ1) is 13.8. The van der Waals surface area contributed by atoms with Crippen LogP contribution in [0.2, 0.25) is 0 Å². The van der Waals surface area contributed by atoms with E-state index >= 15 is 0 Å². The lowest BCUT2D eigenvalue weighted by atomic mass is 9.93. The zero-order valence-corrected chi connectivity index (χ0v) is 11.0. The van der Waals surface area contributed by atoms with Crippen molar-refractivity contribution in [2.75, 3.05) is 18.9 Å². The molecule has 1 aliphatic rings. The first-order chi connectivity index (χ1) is 9.08. The molecule has 0 radical (unpaired) electrons. The Morgan fingerprint density at radius 3 is 2.79 bits per heavy atom. The highest BCUT2D eigenvalue weighted by Gasteiger charge is 2.23. The van der Waals surface area contributed by atoms with Crippen molar-refractivity contribution in [3.05, 3.63) is 29.6 Å². The Hall–Kier alpha value is -1.62. The van der Waals surface area contributed by atoms with Crippen LogP contribution in [0.5, 0.6) is 0 Å². The van der Waals surface area contributed by atoms with Crippen LogP contribution in [-0.4, -0.2) is 25.2 Å². The van der Waals surface area contributed by atoms with E-state index in [9.17, 15) is 9.18 Å². The third-order valence-electron chi connectivity index (χ3n) is 3.57. The topological polar surface area (TPSA) is 64.4 Å². The normalized spacial score (nSPS) is 18.0. The number of hydrogen-bond donors (Lipinski definition) is 2. The van der Waals surface area contributed by atoms with Crippen LogP contribution >= 0.6 is 0 Å². The number of ether oxygens (including phenoxy) is 1. The van der Waals surface area contributed by atoms with E-state index in [2.05, 4.69) is 5.32 Å². The Labute approximate surface area is 112 Å². The fourth-order valence-corrected chi connectivity index (χ4v) is 2.33. The van der Waals surface area contributed by atoms with Crippen molar-refractivity contribution in [3.8, 4) is 0 Å². The van der Waals surface area contributed by atoms with Gasteiger partial charge in [0.2, 0.25) is 0 Å². The van der Waals surface area contributed by atoms with Gasteiger partial charge in [-0.15, -0.1) is 0 Å². The number of nitrogens with two attached hydrogens (primary N) is 1. The van der Waals surface area contributed by atoms with E-state index in [4.69, 9.17) is 10.5 Å². The molecule has 1 fully saturated rings. The summed E-state index contributed by atoms with van der Waals surface area (Å²) in [4.78, 5) is 12.0. The minimum atomic E-state index is -0.586. The van der Waals surface area contributed by atoms with Crippen molar-refractivity contribution in [1.29, 1.82) is 0 Å². The molecule has 19 heavy (non-hydrogen) atoms. The Bertz CT molecular complexity index is 459. The number of carbonyl (C=O) groups is 1. The quantitative estimate of drug-likeness (QED) is 0.822. The summed E-state index contributed by atoms with van der Waals surface area (Å²) in [5.74, 6) is -0.595. The summed E-state index contributed by atoms with van der Waals surface area (Å²) in [6.45, 7) is 3.39. The molecule has 1 atom stereocenters. The molecule has 1 unspecified atom stereocenters. The monoisotopic (exact) mass is 266 g/mol. The van der Waals surface area contributed by atoms with Crippen LogP contribution in [0.25, 0.3) is 0 Å². The van der Waals surface area contributed by atoms with Gasteiger partial charge < -0.3 is 15.8 Å². The van der Waals surface area contributed by atoms with Crippen LogP contribution in [0.3, 0.4) is 0 Å². The van der Waals surface area contributed by atoms with Gasteiger partial charge in [0.15, 0.2) is 0 Å². The number of carbonyl (C=O) groups excluding carboxylic acids is 1. The van der Waals surface area contributed by atoms with Crippen LogP contribution in [-0.2, 0) is 4.74 Å². The Kier molecular flexibility index (Phi) is 4.37. The van der Waals surface area contributed by atoms with Gasteiger partial charge in [-0.2, -0.15) is 0 Å². The van der Waals surface area contributed by atoms with Crippen molar-refractivity contribution in [2.24, 2.45) is 5.92 Å². The van der Waals surface area contributed by atoms with Gasteiger partial charge in [-0.3, -0.25) is 4.79 Å². The lowest BCUT2D eigenvalue weighted by Crippen LogP contribution is -2.40. The number of rotatable bonds is 3. The average Bonchev–Trinajstić information content (AvgIpc) is 2.39. The number of anilines is 1. The van der Waals surface area contributed by atoms with E-state index in [-0.39, 0.29) is 11.6 Å². The van der Waals surface area contributed by atoms with Gasteiger partial charge in [0, 0.05) is 24.9 Å². The Morgan fingerprint density at radius 2 is 2.16 bits per heavy atom. The zero-order valence-electron chi connectivity index (χ0n) is 11.0. The Morgan fingerprint density at radius 1 is 1.47 bits per heavy atom. The third kappa shape index (κ3) is 3.44. The van der Waals surface area contributed by atoms with Crippen molar-refractivity contribution >= 4 is 11.6 Å². The highest BCUT2D eigenvalue weighted by molar-refractivity contribution is 5.95. The predicted octanol–water partition coefficient (Wildman–Crippen LogP) is 1.95. The van der Waals surface area contributed by atoms with E-state index in [0.29, 0.717) is 11.6 Å². The SMILES string of the molecule is CC(NC(=O)c1ccc(N)cc1F)C1CCOCC1. The summed E-state index contributed by atoms with van der Waals surface area (Å²) in [7, 11) is 0. The van der Waals surface area contributed by atoms with Gasteiger partial charge in [0.25, 0.3) is 5.91 Å². The molecule has 1 aromatic carbocycles. The summed E-state index contributed by atoms with van der Waals surface area (Å²) in [6.07, 6.45) is 1.84. The minimum absolute atomic E-state index is 0.00773. The lowest BCUT2D eigenvalue weighted by molar-refractivity contribution is 0.0537. The fraction of sp³-hybridized carbons (Fsp3) is 0.500. The Balaban J connectivity index is 1.99. The molecule has 3 N–H and O–H groups in total. The number of nitrogens with one attached hydrogen (secondary N) is 1. The second-order valence-corrected chi connectivity index (χ2v) is 4.95. The highest BCUT2D eigenvalue weighted by atomic mass is 19.1. The van der Waals surface area contributed by atoms with Gasteiger partial charge in [0.05, 0.1) is 5.56 Å². The molecular formula is C14H19FN2O2. The number of benzene rings is 1. The van der Waals surface area contributed by atoms with Crippen molar-refractivity contribution < 1.29 is 13.9 Å². The van der Waals surface area contributed by atoms with E-state index in [1.807, 2.05) is 6.92 Å². The van der Waals surface area contributed by atoms with E-state index in [0.717, 1.165) is 32.1 Å². The summed E-state index contributed by atoms with van der Waals surface area (Å²) in [6, 6.07) is 4.11. The van der Waals surface area contributed by atoms with Crippen LogP contribution in [0.4, 0.5) is 10.1 Å². The van der Waals surface area contributed by atoms with Crippen LogP contribution in [0, 0.1) is 11.7 Å². The molecule has 0 spiro atoms. The van der Waals surface area contributed by atoms with Crippen LogP contribution < -0.4 is 11.1 Å². The molecule has 1 saturated heterocycles. The van der Waals surface area contributed by atoms with Gasteiger partial charge in [-0.25, -0.2) is 4.39 Å². The third-order valence-corrected chi connectivity index (χ3v) is 3.57. The van der Waals surface area contributed by atoms with E-state index < -0.39 is 11.7 Å². The summed E-state index contributed by atoms with van der Waals surface area (Å²) in [5, 5.41) is 2.85. The molecule has 0 aromatic heterocycles. The van der Waals surface area contributed by atoms with Gasteiger partial charge >= 0.3 is 0 Å². The molecule has 0 saturated carbocycles. The zero-order chi connectivity index (χ0) is 13.8. The maximum Gasteiger partial charge on any atom is 0.254 e. The molecule has 2 rings (SSSR count). The number of hydrogen-bond acceptors (Lipinski definition) is 3. The molecule has 5 heteroatoms. The highest BCUT2D eigenvalue weighted by Crippen LogP contribution is 2.19. The van der Waals surface area contributed by atoms with Gasteiger partial charge in [-0.1, -0.05) is 0 Å². The summed E-state index contributed by atoms with van der Waals surface area (Å²) in [5.41, 5.74) is 5.81. The molecule has 1 aliphatic heterocycles. The van der Waals surface area contributed by atoms with Crippen molar-refractivity contribution in [2.45, 2.75) is 25.8 Å². The molecule has 0 aliphatic carbocycles.